The van der Waals surface area contributed by atoms with E-state index in [0.29, 0.717) is 12.0 Å². The molecule has 4 nitrogen and oxygen atoms in total. The molecule has 5 heteroatoms. The fraction of sp³-hybridized carbons (Fsp3) is 0.636. The van der Waals surface area contributed by atoms with Crippen molar-refractivity contribution in [3.63, 3.8) is 0 Å². The summed E-state index contributed by atoms with van der Waals surface area (Å²) in [6.45, 7) is 1.91. The van der Waals surface area contributed by atoms with Crippen LogP contribution in [0.2, 0.25) is 0 Å². The van der Waals surface area contributed by atoms with Crippen molar-refractivity contribution in [2.24, 2.45) is 0 Å². The zero-order valence-electron chi connectivity index (χ0n) is 9.40. The number of alkyl halides is 1. The number of hydrogen-bond acceptors (Lipinski definition) is 4. The second kappa shape index (κ2) is 5.46. The molecule has 1 aromatic heterocycles. The molecule has 1 fully saturated rings. The van der Waals surface area contributed by atoms with Crippen LogP contribution in [0.25, 0.3) is 0 Å². The van der Waals surface area contributed by atoms with E-state index in [0.717, 1.165) is 37.4 Å². The molecule has 0 N–H and O–H groups in total. The lowest BCUT2D eigenvalue weighted by Gasteiger charge is -2.31. The van der Waals surface area contributed by atoms with Gasteiger partial charge < -0.3 is 9.64 Å². The minimum Gasteiger partial charge on any atom is -0.381 e. The molecule has 2 rings (SSSR count). The van der Waals surface area contributed by atoms with Gasteiger partial charge in [0.15, 0.2) is 0 Å². The number of anilines is 1. The van der Waals surface area contributed by atoms with Crippen LogP contribution < -0.4 is 4.90 Å². The maximum atomic E-state index is 5.69. The number of methoxy groups -OCH3 is 1. The highest BCUT2D eigenvalue weighted by Crippen LogP contribution is 2.17. The molecular formula is C11H16ClN3O. The van der Waals surface area contributed by atoms with Crippen molar-refractivity contribution in [2.75, 3.05) is 25.1 Å². The van der Waals surface area contributed by atoms with Gasteiger partial charge in [-0.1, -0.05) is 0 Å². The minimum absolute atomic E-state index is 0.387. The van der Waals surface area contributed by atoms with Gasteiger partial charge in [0.25, 0.3) is 0 Å². The Hall–Kier alpha value is -0.870. The molecule has 1 aliphatic rings. The van der Waals surface area contributed by atoms with E-state index in [2.05, 4.69) is 14.9 Å². The largest absolute Gasteiger partial charge is 0.381 e. The molecule has 1 aromatic rings. The van der Waals surface area contributed by atoms with E-state index < -0.39 is 0 Å². The number of nitrogens with zero attached hydrogens (tertiary/aromatic N) is 3. The van der Waals surface area contributed by atoms with Crippen molar-refractivity contribution in [1.82, 2.24) is 9.97 Å². The molecule has 0 spiro atoms. The Bertz CT molecular complexity index is 323. The van der Waals surface area contributed by atoms with Gasteiger partial charge in [-0.3, -0.25) is 0 Å². The first-order valence-electron chi connectivity index (χ1n) is 5.48. The number of piperidine rings is 1. The minimum atomic E-state index is 0.387. The Morgan fingerprint density at radius 1 is 1.38 bits per heavy atom. The van der Waals surface area contributed by atoms with Crippen LogP contribution in [0.15, 0.2) is 12.4 Å². The van der Waals surface area contributed by atoms with Gasteiger partial charge in [0.2, 0.25) is 5.95 Å². The number of aromatic nitrogens is 2. The van der Waals surface area contributed by atoms with Crippen molar-refractivity contribution in [1.29, 1.82) is 0 Å². The lowest BCUT2D eigenvalue weighted by molar-refractivity contribution is 0.0816. The molecule has 1 saturated heterocycles. The smallest absolute Gasteiger partial charge is 0.225 e. The molecule has 16 heavy (non-hydrogen) atoms. The molecule has 0 saturated carbocycles. The van der Waals surface area contributed by atoms with Crippen molar-refractivity contribution in [2.45, 2.75) is 24.8 Å². The highest BCUT2D eigenvalue weighted by molar-refractivity contribution is 6.17. The summed E-state index contributed by atoms with van der Waals surface area (Å²) in [7, 11) is 1.77. The van der Waals surface area contributed by atoms with Crippen LogP contribution >= 0.6 is 11.6 Å². The van der Waals surface area contributed by atoms with Crippen LogP contribution in [0.3, 0.4) is 0 Å². The third kappa shape index (κ3) is 2.62. The molecule has 0 bridgehead atoms. The fourth-order valence-corrected chi connectivity index (χ4v) is 2.01. The highest BCUT2D eigenvalue weighted by Gasteiger charge is 2.20. The SMILES string of the molecule is COC1CCN(c2ncc(CCl)cn2)CC1. The first-order chi connectivity index (χ1) is 7.83. The van der Waals surface area contributed by atoms with E-state index in [1.165, 1.54) is 0 Å². The van der Waals surface area contributed by atoms with Gasteiger partial charge in [-0.2, -0.15) is 0 Å². The van der Waals surface area contributed by atoms with Gasteiger partial charge >= 0.3 is 0 Å². The molecule has 88 valence electrons. The van der Waals surface area contributed by atoms with Crippen LogP contribution in [0.5, 0.6) is 0 Å². The topological polar surface area (TPSA) is 38.2 Å². The number of rotatable bonds is 3. The third-order valence-corrected chi connectivity index (χ3v) is 3.21. The van der Waals surface area contributed by atoms with Crippen molar-refractivity contribution < 1.29 is 4.74 Å². The summed E-state index contributed by atoms with van der Waals surface area (Å²) in [5.74, 6) is 1.26. The molecule has 0 atom stereocenters. The Morgan fingerprint density at radius 3 is 2.50 bits per heavy atom. The van der Waals surface area contributed by atoms with Gasteiger partial charge in [0.05, 0.1) is 12.0 Å². The number of halogens is 1. The zero-order valence-corrected chi connectivity index (χ0v) is 10.2. The number of hydrogen-bond donors (Lipinski definition) is 0. The van der Waals surface area contributed by atoms with Gasteiger partial charge in [0, 0.05) is 38.2 Å². The van der Waals surface area contributed by atoms with Gasteiger partial charge in [-0.15, -0.1) is 11.6 Å². The van der Waals surface area contributed by atoms with Gasteiger partial charge in [0.1, 0.15) is 0 Å². The molecule has 0 amide bonds. The first-order valence-corrected chi connectivity index (χ1v) is 6.01. The summed E-state index contributed by atoms with van der Waals surface area (Å²) in [6, 6.07) is 0. The van der Waals surface area contributed by atoms with Gasteiger partial charge in [-0.05, 0) is 12.8 Å². The van der Waals surface area contributed by atoms with E-state index in [1.807, 2.05) is 0 Å². The van der Waals surface area contributed by atoms with Crippen LogP contribution in [-0.2, 0) is 10.6 Å². The quantitative estimate of drug-likeness (QED) is 0.757. The molecule has 1 aliphatic heterocycles. The van der Waals surface area contributed by atoms with Crippen LogP contribution in [-0.4, -0.2) is 36.3 Å². The second-order valence-electron chi connectivity index (χ2n) is 3.95. The summed E-state index contributed by atoms with van der Waals surface area (Å²) >= 11 is 5.69. The molecule has 0 aromatic carbocycles. The fourth-order valence-electron chi connectivity index (χ4n) is 1.87. The van der Waals surface area contributed by atoms with Crippen LogP contribution in [0.4, 0.5) is 5.95 Å². The van der Waals surface area contributed by atoms with Crippen LogP contribution in [0.1, 0.15) is 18.4 Å². The highest BCUT2D eigenvalue weighted by atomic mass is 35.5. The van der Waals surface area contributed by atoms with Gasteiger partial charge in [-0.25, -0.2) is 9.97 Å². The first kappa shape index (κ1) is 11.6. The molecule has 2 heterocycles. The number of ether oxygens (including phenoxy) is 1. The predicted octanol–water partition coefficient (Wildman–Crippen LogP) is 1.83. The van der Waals surface area contributed by atoms with E-state index in [1.54, 1.807) is 19.5 Å². The predicted molar refractivity (Wildman–Crippen MR) is 63.8 cm³/mol. The standard InChI is InChI=1S/C11H16ClN3O/c1-16-10-2-4-15(5-3-10)11-13-7-9(6-12)8-14-11/h7-8,10H,2-6H2,1H3. The van der Waals surface area contributed by atoms with E-state index in [9.17, 15) is 0 Å². The summed E-state index contributed by atoms with van der Waals surface area (Å²) in [4.78, 5) is 10.8. The van der Waals surface area contributed by atoms with Crippen LogP contribution in [0, 0.1) is 0 Å². The molecule has 0 radical (unpaired) electrons. The Morgan fingerprint density at radius 2 is 2.00 bits per heavy atom. The van der Waals surface area contributed by atoms with E-state index in [4.69, 9.17) is 16.3 Å². The maximum Gasteiger partial charge on any atom is 0.225 e. The maximum absolute atomic E-state index is 5.69. The average molecular weight is 242 g/mol. The van der Waals surface area contributed by atoms with E-state index >= 15 is 0 Å². The monoisotopic (exact) mass is 241 g/mol. The Kier molecular flexibility index (Phi) is 3.96. The Balaban J connectivity index is 1.97. The average Bonchev–Trinajstić information content (AvgIpc) is 2.39. The lowest BCUT2D eigenvalue weighted by Crippen LogP contribution is -2.37. The third-order valence-electron chi connectivity index (χ3n) is 2.90. The summed E-state index contributed by atoms with van der Waals surface area (Å²) in [6.07, 6.45) is 6.04. The zero-order chi connectivity index (χ0) is 11.4. The Labute approximate surface area is 101 Å². The van der Waals surface area contributed by atoms with E-state index in [-0.39, 0.29) is 0 Å². The second-order valence-corrected chi connectivity index (χ2v) is 4.21. The summed E-state index contributed by atoms with van der Waals surface area (Å²) in [5.41, 5.74) is 0.956. The molecule has 0 aliphatic carbocycles. The van der Waals surface area contributed by atoms with Crippen molar-refractivity contribution in [3.05, 3.63) is 18.0 Å². The summed E-state index contributed by atoms with van der Waals surface area (Å²) < 4.78 is 5.33. The molecular weight excluding hydrogens is 226 g/mol. The normalized spacial score (nSPS) is 17.8. The van der Waals surface area contributed by atoms with Crippen molar-refractivity contribution in [3.8, 4) is 0 Å². The lowest BCUT2D eigenvalue weighted by atomic mass is 10.1. The van der Waals surface area contributed by atoms with Crippen molar-refractivity contribution >= 4 is 17.5 Å². The summed E-state index contributed by atoms with van der Waals surface area (Å²) in [5, 5.41) is 0. The molecule has 0 unspecified atom stereocenters.